The van der Waals surface area contributed by atoms with Gasteiger partial charge >= 0.3 is 0 Å². The second-order valence-electron chi connectivity index (χ2n) is 4.86. The van der Waals surface area contributed by atoms with Gasteiger partial charge in [0.2, 0.25) is 5.91 Å². The number of nitrogens with one attached hydrogen (secondary N) is 1. The molecule has 0 spiro atoms. The van der Waals surface area contributed by atoms with E-state index in [9.17, 15) is 4.79 Å². The fraction of sp³-hybridized carbons (Fsp3) is 0.176. The molecule has 5 nitrogen and oxygen atoms in total. The van der Waals surface area contributed by atoms with E-state index in [2.05, 4.69) is 5.32 Å². The summed E-state index contributed by atoms with van der Waals surface area (Å²) in [7, 11) is 0. The predicted molar refractivity (Wildman–Crippen MR) is 85.5 cm³/mol. The van der Waals surface area contributed by atoms with Crippen LogP contribution in [0.5, 0.6) is 5.75 Å². The zero-order chi connectivity index (χ0) is 15.9. The van der Waals surface area contributed by atoms with Gasteiger partial charge in [0, 0.05) is 11.4 Å². The molecule has 112 valence electrons. The minimum absolute atomic E-state index is 0.137. The third kappa shape index (κ3) is 4.25. The second-order valence-corrected chi connectivity index (χ2v) is 4.86. The third-order valence-electron chi connectivity index (χ3n) is 3.12. The number of amides is 1. The number of ether oxygens (including phenoxy) is 1. The Labute approximate surface area is 129 Å². The summed E-state index contributed by atoms with van der Waals surface area (Å²) < 4.78 is 5.47. The molecule has 0 aliphatic heterocycles. The molecule has 0 aromatic heterocycles. The van der Waals surface area contributed by atoms with Crippen molar-refractivity contribution in [3.8, 4) is 11.8 Å². The molecule has 5 heteroatoms. The molecule has 0 saturated heterocycles. The van der Waals surface area contributed by atoms with Gasteiger partial charge in [-0.3, -0.25) is 4.79 Å². The van der Waals surface area contributed by atoms with Gasteiger partial charge in [-0.05, 0) is 48.9 Å². The van der Waals surface area contributed by atoms with Gasteiger partial charge in [-0.15, -0.1) is 0 Å². The van der Waals surface area contributed by atoms with Crippen molar-refractivity contribution >= 4 is 17.3 Å². The fourth-order valence-corrected chi connectivity index (χ4v) is 1.87. The summed E-state index contributed by atoms with van der Waals surface area (Å²) in [5, 5.41) is 11.5. The topological polar surface area (TPSA) is 88.1 Å². The number of rotatable bonds is 5. The van der Waals surface area contributed by atoms with Crippen LogP contribution < -0.4 is 15.8 Å². The van der Waals surface area contributed by atoms with Crippen molar-refractivity contribution in [3.05, 3.63) is 53.6 Å². The Morgan fingerprint density at radius 2 is 2.00 bits per heavy atom. The number of aryl methyl sites for hydroxylation is 1. The van der Waals surface area contributed by atoms with Gasteiger partial charge in [0.1, 0.15) is 5.75 Å². The van der Waals surface area contributed by atoms with Crippen molar-refractivity contribution < 1.29 is 9.53 Å². The third-order valence-corrected chi connectivity index (χ3v) is 3.12. The van der Waals surface area contributed by atoms with Gasteiger partial charge in [-0.1, -0.05) is 6.07 Å². The first-order chi connectivity index (χ1) is 10.6. The van der Waals surface area contributed by atoms with E-state index in [1.54, 1.807) is 36.4 Å². The van der Waals surface area contributed by atoms with E-state index < -0.39 is 0 Å². The molecule has 0 radical (unpaired) electrons. The van der Waals surface area contributed by atoms with E-state index in [-0.39, 0.29) is 18.9 Å². The maximum Gasteiger partial charge on any atom is 0.227 e. The number of hydrogen-bond acceptors (Lipinski definition) is 4. The van der Waals surface area contributed by atoms with Crippen LogP contribution in [0.1, 0.15) is 17.5 Å². The van der Waals surface area contributed by atoms with Crippen molar-refractivity contribution in [2.75, 3.05) is 17.7 Å². The number of hydrogen-bond donors (Lipinski definition) is 2. The molecule has 2 aromatic carbocycles. The van der Waals surface area contributed by atoms with Crippen LogP contribution in [-0.2, 0) is 4.79 Å². The van der Waals surface area contributed by atoms with Crippen LogP contribution in [0.15, 0.2) is 42.5 Å². The van der Waals surface area contributed by atoms with E-state index in [4.69, 9.17) is 15.7 Å². The van der Waals surface area contributed by atoms with Crippen LogP contribution in [0.3, 0.4) is 0 Å². The molecular formula is C17H17N3O2. The predicted octanol–water partition coefficient (Wildman–Crippen LogP) is 2.86. The van der Waals surface area contributed by atoms with Gasteiger partial charge in [-0.25, -0.2) is 0 Å². The lowest BCUT2D eigenvalue weighted by Gasteiger charge is -2.10. The standard InChI is InChI=1S/C17H17N3O2/c1-12-2-5-14(19)10-16(12)20-17(21)8-9-22-15-6-3-13(11-18)4-7-15/h2-7,10H,8-9,19H2,1H3,(H,20,21). The van der Waals surface area contributed by atoms with E-state index in [0.29, 0.717) is 22.7 Å². The van der Waals surface area contributed by atoms with Crippen LogP contribution in [-0.4, -0.2) is 12.5 Å². The summed E-state index contributed by atoms with van der Waals surface area (Å²) in [6.45, 7) is 2.17. The molecule has 2 aromatic rings. The first-order valence-electron chi connectivity index (χ1n) is 6.87. The Balaban J connectivity index is 1.82. The average molecular weight is 295 g/mol. The first kappa shape index (κ1) is 15.4. The quantitative estimate of drug-likeness (QED) is 0.830. The second kappa shape index (κ2) is 7.14. The number of nitrogens with two attached hydrogens (primary N) is 1. The molecule has 2 rings (SSSR count). The van der Waals surface area contributed by atoms with E-state index >= 15 is 0 Å². The largest absolute Gasteiger partial charge is 0.493 e. The number of nitrogen functional groups attached to an aromatic ring is 1. The Morgan fingerprint density at radius 1 is 1.27 bits per heavy atom. The lowest BCUT2D eigenvalue weighted by molar-refractivity contribution is -0.116. The average Bonchev–Trinajstić information content (AvgIpc) is 2.51. The highest BCUT2D eigenvalue weighted by Crippen LogP contribution is 2.18. The zero-order valence-corrected chi connectivity index (χ0v) is 12.3. The molecule has 0 fully saturated rings. The summed E-state index contributed by atoms with van der Waals surface area (Å²) >= 11 is 0. The highest BCUT2D eigenvalue weighted by atomic mass is 16.5. The van der Waals surface area contributed by atoms with Crippen LogP contribution in [0.25, 0.3) is 0 Å². The van der Waals surface area contributed by atoms with Crippen LogP contribution in [0.2, 0.25) is 0 Å². The molecule has 0 saturated carbocycles. The smallest absolute Gasteiger partial charge is 0.227 e. The van der Waals surface area contributed by atoms with E-state index in [0.717, 1.165) is 5.56 Å². The molecule has 0 bridgehead atoms. The number of nitrogens with zero attached hydrogens (tertiary/aromatic N) is 1. The summed E-state index contributed by atoms with van der Waals surface area (Å²) in [4.78, 5) is 11.9. The first-order valence-corrected chi connectivity index (χ1v) is 6.87. The van der Waals surface area contributed by atoms with Crippen molar-refractivity contribution in [2.45, 2.75) is 13.3 Å². The molecule has 22 heavy (non-hydrogen) atoms. The molecular weight excluding hydrogens is 278 g/mol. The minimum atomic E-state index is -0.137. The Morgan fingerprint density at radius 3 is 2.68 bits per heavy atom. The van der Waals surface area contributed by atoms with Crippen molar-refractivity contribution in [1.82, 2.24) is 0 Å². The normalized spacial score (nSPS) is 9.82. The molecule has 0 atom stereocenters. The van der Waals surface area contributed by atoms with Crippen LogP contribution >= 0.6 is 0 Å². The van der Waals surface area contributed by atoms with E-state index in [1.165, 1.54) is 0 Å². The van der Waals surface area contributed by atoms with Gasteiger partial charge in [-0.2, -0.15) is 5.26 Å². The molecule has 0 aliphatic carbocycles. The van der Waals surface area contributed by atoms with Gasteiger partial charge in [0.05, 0.1) is 24.7 Å². The minimum Gasteiger partial charge on any atom is -0.493 e. The number of carbonyl (C=O) groups excluding carboxylic acids is 1. The zero-order valence-electron chi connectivity index (χ0n) is 12.3. The fourth-order valence-electron chi connectivity index (χ4n) is 1.87. The lowest BCUT2D eigenvalue weighted by atomic mass is 10.2. The highest BCUT2D eigenvalue weighted by Gasteiger charge is 2.06. The number of carbonyl (C=O) groups is 1. The van der Waals surface area contributed by atoms with Gasteiger partial charge in [0.25, 0.3) is 0 Å². The number of benzene rings is 2. The van der Waals surface area contributed by atoms with Gasteiger partial charge < -0.3 is 15.8 Å². The van der Waals surface area contributed by atoms with Crippen molar-refractivity contribution in [1.29, 1.82) is 5.26 Å². The summed E-state index contributed by atoms with van der Waals surface area (Å²) in [5.74, 6) is 0.495. The molecule has 0 heterocycles. The molecule has 0 unspecified atom stereocenters. The molecule has 3 N–H and O–H groups in total. The van der Waals surface area contributed by atoms with Crippen LogP contribution in [0, 0.1) is 18.3 Å². The number of nitriles is 1. The summed E-state index contributed by atoms with van der Waals surface area (Å²) in [5.41, 5.74) is 8.55. The Kier molecular flexibility index (Phi) is 4.99. The lowest BCUT2D eigenvalue weighted by Crippen LogP contribution is -2.16. The molecule has 1 amide bonds. The Hall–Kier alpha value is -3.00. The summed E-state index contributed by atoms with van der Waals surface area (Å²) in [6, 6.07) is 14.2. The van der Waals surface area contributed by atoms with Gasteiger partial charge in [0.15, 0.2) is 0 Å². The number of anilines is 2. The van der Waals surface area contributed by atoms with E-state index in [1.807, 2.05) is 19.1 Å². The maximum atomic E-state index is 11.9. The van der Waals surface area contributed by atoms with Crippen molar-refractivity contribution in [3.63, 3.8) is 0 Å². The van der Waals surface area contributed by atoms with Crippen LogP contribution in [0.4, 0.5) is 11.4 Å². The monoisotopic (exact) mass is 295 g/mol. The van der Waals surface area contributed by atoms with Crippen molar-refractivity contribution in [2.24, 2.45) is 0 Å². The SMILES string of the molecule is Cc1ccc(N)cc1NC(=O)CCOc1ccc(C#N)cc1. The summed E-state index contributed by atoms with van der Waals surface area (Å²) in [6.07, 6.45) is 0.230. The molecule has 0 aliphatic rings. The Bertz CT molecular complexity index is 703. The maximum absolute atomic E-state index is 11.9. The highest BCUT2D eigenvalue weighted by molar-refractivity contribution is 5.92.